The number of benzene rings is 1. The van der Waals surface area contributed by atoms with E-state index < -0.39 is 6.09 Å². The predicted octanol–water partition coefficient (Wildman–Crippen LogP) is 3.67. The Morgan fingerprint density at radius 2 is 2.00 bits per heavy atom. The molecule has 0 spiro atoms. The Morgan fingerprint density at radius 1 is 1.25 bits per heavy atom. The summed E-state index contributed by atoms with van der Waals surface area (Å²) in [7, 11) is 1.92. The number of ether oxygens (including phenoxy) is 1. The van der Waals surface area contributed by atoms with E-state index in [0.29, 0.717) is 5.76 Å². The molecule has 24 heavy (non-hydrogen) atoms. The molecule has 132 valence electrons. The lowest BCUT2D eigenvalue weighted by Crippen LogP contribution is -2.37. The summed E-state index contributed by atoms with van der Waals surface area (Å²) in [4.78, 5) is 12.1. The fraction of sp³-hybridized carbons (Fsp3) is 0.526. The molecule has 0 aromatic heterocycles. The van der Waals surface area contributed by atoms with Crippen LogP contribution in [0.2, 0.25) is 0 Å². The molecule has 5 nitrogen and oxygen atoms in total. The Hall–Kier alpha value is -2.01. The lowest BCUT2D eigenvalue weighted by atomic mass is 9.88. The third-order valence-electron chi connectivity index (χ3n) is 4.32. The molecule has 0 heterocycles. The van der Waals surface area contributed by atoms with Crippen molar-refractivity contribution in [1.82, 2.24) is 10.6 Å². The molecule has 2 rings (SSSR count). The van der Waals surface area contributed by atoms with Gasteiger partial charge in [-0.05, 0) is 63.3 Å². The summed E-state index contributed by atoms with van der Waals surface area (Å²) in [6, 6.07) is 9.22. The average Bonchev–Trinajstić information content (AvgIpc) is 2.55. The Labute approximate surface area is 144 Å². The highest BCUT2D eigenvalue weighted by molar-refractivity contribution is 5.68. The first-order valence-corrected chi connectivity index (χ1v) is 8.73. The summed E-state index contributed by atoms with van der Waals surface area (Å²) in [5.41, 5.74) is 2.01. The van der Waals surface area contributed by atoms with Gasteiger partial charge in [-0.2, -0.15) is 0 Å². The second-order valence-corrected chi connectivity index (χ2v) is 6.20. The molecule has 0 aliphatic heterocycles. The van der Waals surface area contributed by atoms with Crippen molar-refractivity contribution >= 4 is 6.09 Å². The highest BCUT2D eigenvalue weighted by Crippen LogP contribution is 2.29. The Balaban J connectivity index is 1.85. The minimum Gasteiger partial charge on any atom is -0.510 e. The molecule has 1 amide bonds. The number of hydrogen-bond acceptors (Lipinski definition) is 4. The highest BCUT2D eigenvalue weighted by atomic mass is 16.5. The Kier molecular flexibility index (Phi) is 7.62. The van der Waals surface area contributed by atoms with Crippen molar-refractivity contribution in [2.45, 2.75) is 51.2 Å². The van der Waals surface area contributed by atoms with Gasteiger partial charge >= 0.3 is 6.09 Å². The number of rotatable bonds is 9. The molecule has 0 unspecified atom stereocenters. The minimum atomic E-state index is -0.482. The van der Waals surface area contributed by atoms with Crippen LogP contribution in [-0.4, -0.2) is 30.8 Å². The first-order valence-electron chi connectivity index (χ1n) is 8.73. The first kappa shape index (κ1) is 18.3. The van der Waals surface area contributed by atoms with Gasteiger partial charge in [0.25, 0.3) is 0 Å². The van der Waals surface area contributed by atoms with Crippen LogP contribution in [-0.2, 0) is 11.3 Å². The third kappa shape index (κ3) is 5.89. The van der Waals surface area contributed by atoms with Gasteiger partial charge in [0, 0.05) is 0 Å². The van der Waals surface area contributed by atoms with Crippen LogP contribution in [0, 0.1) is 0 Å². The topological polar surface area (TPSA) is 70.6 Å². The number of amides is 1. The highest BCUT2D eigenvalue weighted by Gasteiger charge is 2.23. The summed E-state index contributed by atoms with van der Waals surface area (Å²) in [6.45, 7) is 1.17. The first-order chi connectivity index (χ1) is 11.7. The number of carbonyl (C=O) groups is 1. The SMILES string of the molecule is CNCCCC[C@H](NC(=O)OCc1ccccc1)C(O)=C1CCC1. The van der Waals surface area contributed by atoms with Crippen LogP contribution < -0.4 is 10.6 Å². The number of hydrogen-bond donors (Lipinski definition) is 3. The summed E-state index contributed by atoms with van der Waals surface area (Å²) >= 11 is 0. The van der Waals surface area contributed by atoms with Gasteiger partial charge in [0.15, 0.2) is 0 Å². The van der Waals surface area contributed by atoms with Crippen molar-refractivity contribution in [2.24, 2.45) is 0 Å². The molecule has 5 heteroatoms. The van der Waals surface area contributed by atoms with Crippen LogP contribution in [0.3, 0.4) is 0 Å². The average molecular weight is 332 g/mol. The van der Waals surface area contributed by atoms with E-state index in [1.54, 1.807) is 0 Å². The maximum absolute atomic E-state index is 12.1. The van der Waals surface area contributed by atoms with Crippen LogP contribution in [0.5, 0.6) is 0 Å². The van der Waals surface area contributed by atoms with E-state index in [1.165, 1.54) is 0 Å². The fourth-order valence-electron chi connectivity index (χ4n) is 2.69. The van der Waals surface area contributed by atoms with Gasteiger partial charge in [-0.3, -0.25) is 0 Å². The zero-order chi connectivity index (χ0) is 17.2. The second kappa shape index (κ2) is 9.98. The smallest absolute Gasteiger partial charge is 0.408 e. The van der Waals surface area contributed by atoms with Crippen molar-refractivity contribution in [2.75, 3.05) is 13.6 Å². The van der Waals surface area contributed by atoms with Crippen molar-refractivity contribution in [3.05, 3.63) is 47.2 Å². The molecule has 0 saturated heterocycles. The number of unbranched alkanes of at least 4 members (excludes halogenated alkanes) is 1. The molecule has 1 atom stereocenters. The summed E-state index contributed by atoms with van der Waals surface area (Å²) in [5.74, 6) is 0.336. The summed E-state index contributed by atoms with van der Waals surface area (Å²) in [5, 5.41) is 16.3. The number of carbonyl (C=O) groups excluding carboxylic acids is 1. The van der Waals surface area contributed by atoms with Gasteiger partial charge in [-0.25, -0.2) is 4.79 Å². The Bertz CT molecular complexity index is 537. The maximum atomic E-state index is 12.1. The molecular formula is C19H28N2O3. The standard InChI is InChI=1S/C19H28N2O3/c1-20-13-6-5-12-17(18(22)16-10-7-11-16)21-19(23)24-14-15-8-3-2-4-9-15/h2-4,8-9,17,20,22H,5-7,10-14H2,1H3,(H,21,23)/t17-/m0/s1. The number of nitrogens with one attached hydrogen (secondary N) is 2. The lowest BCUT2D eigenvalue weighted by Gasteiger charge is -2.25. The summed E-state index contributed by atoms with van der Waals surface area (Å²) in [6.07, 6.45) is 5.16. The van der Waals surface area contributed by atoms with Crippen molar-refractivity contribution in [3.63, 3.8) is 0 Å². The minimum absolute atomic E-state index is 0.233. The van der Waals surface area contributed by atoms with Crippen molar-refractivity contribution in [3.8, 4) is 0 Å². The van der Waals surface area contributed by atoms with E-state index in [4.69, 9.17) is 4.74 Å². The van der Waals surface area contributed by atoms with Crippen LogP contribution in [0.4, 0.5) is 4.79 Å². The van der Waals surface area contributed by atoms with Gasteiger partial charge < -0.3 is 20.5 Å². The largest absolute Gasteiger partial charge is 0.510 e. The molecule has 1 saturated carbocycles. The normalized spacial score (nSPS) is 14.6. The monoisotopic (exact) mass is 332 g/mol. The predicted molar refractivity (Wildman–Crippen MR) is 94.8 cm³/mol. The van der Waals surface area contributed by atoms with Crippen LogP contribution in [0.15, 0.2) is 41.7 Å². The van der Waals surface area contributed by atoms with Gasteiger partial charge in [-0.1, -0.05) is 30.3 Å². The van der Waals surface area contributed by atoms with E-state index in [9.17, 15) is 9.90 Å². The van der Waals surface area contributed by atoms with E-state index in [0.717, 1.165) is 56.2 Å². The zero-order valence-electron chi connectivity index (χ0n) is 14.4. The molecule has 0 bridgehead atoms. The quantitative estimate of drug-likeness (QED) is 0.477. The van der Waals surface area contributed by atoms with Gasteiger partial charge in [0.05, 0.1) is 6.04 Å². The van der Waals surface area contributed by atoms with E-state index in [1.807, 2.05) is 37.4 Å². The van der Waals surface area contributed by atoms with E-state index in [2.05, 4.69) is 10.6 Å². The van der Waals surface area contributed by atoms with Crippen LogP contribution in [0.25, 0.3) is 0 Å². The van der Waals surface area contributed by atoms with Crippen LogP contribution >= 0.6 is 0 Å². The molecule has 1 aliphatic rings. The lowest BCUT2D eigenvalue weighted by molar-refractivity contribution is 0.133. The summed E-state index contributed by atoms with van der Waals surface area (Å²) < 4.78 is 5.27. The van der Waals surface area contributed by atoms with Crippen LogP contribution in [0.1, 0.15) is 44.1 Å². The Morgan fingerprint density at radius 3 is 2.62 bits per heavy atom. The van der Waals surface area contributed by atoms with Gasteiger partial charge in [-0.15, -0.1) is 0 Å². The molecule has 1 aromatic carbocycles. The molecule has 3 N–H and O–H groups in total. The molecule has 1 fully saturated rings. The maximum Gasteiger partial charge on any atom is 0.408 e. The number of allylic oxidation sites excluding steroid dienone is 1. The van der Waals surface area contributed by atoms with Gasteiger partial charge in [0.1, 0.15) is 12.4 Å². The van der Waals surface area contributed by atoms with E-state index >= 15 is 0 Å². The van der Waals surface area contributed by atoms with Gasteiger partial charge in [0.2, 0.25) is 0 Å². The number of aliphatic hydroxyl groups is 1. The fourth-order valence-corrected chi connectivity index (χ4v) is 2.69. The zero-order valence-corrected chi connectivity index (χ0v) is 14.4. The molecule has 1 aromatic rings. The number of alkyl carbamates (subject to hydrolysis) is 1. The molecule has 0 radical (unpaired) electrons. The van der Waals surface area contributed by atoms with E-state index in [-0.39, 0.29) is 12.6 Å². The molecular weight excluding hydrogens is 304 g/mol. The third-order valence-corrected chi connectivity index (χ3v) is 4.32. The van der Waals surface area contributed by atoms with Crippen molar-refractivity contribution < 1.29 is 14.6 Å². The number of aliphatic hydroxyl groups excluding tert-OH is 1. The van der Waals surface area contributed by atoms with Crippen molar-refractivity contribution in [1.29, 1.82) is 0 Å². The molecule has 1 aliphatic carbocycles. The second-order valence-electron chi connectivity index (χ2n) is 6.20.